The maximum absolute atomic E-state index is 13.0. The minimum absolute atomic E-state index is 0.142. The Morgan fingerprint density at radius 2 is 1.63 bits per heavy atom. The fourth-order valence-electron chi connectivity index (χ4n) is 2.31. The molecule has 8 nitrogen and oxygen atoms in total. The molecule has 11 heteroatoms. The molecule has 0 fully saturated rings. The van der Waals surface area contributed by atoms with Crippen LogP contribution >= 0.6 is 0 Å². The molecule has 0 aliphatic rings. The number of nitro benzene ring substituents is 1. The van der Waals surface area contributed by atoms with Gasteiger partial charge in [0.2, 0.25) is 0 Å². The van der Waals surface area contributed by atoms with Gasteiger partial charge in [0.25, 0.3) is 11.2 Å². The highest BCUT2D eigenvalue weighted by molar-refractivity contribution is 5.72. The first kappa shape index (κ1) is 18.0. The molecule has 0 aliphatic carbocycles. The number of nitro groups is 1. The minimum Gasteiger partial charge on any atom is -0.295 e. The number of alkyl halides is 3. The summed E-state index contributed by atoms with van der Waals surface area (Å²) in [6, 6.07) is 9.75. The molecule has 0 spiro atoms. The van der Waals surface area contributed by atoms with Gasteiger partial charge in [-0.3, -0.25) is 25.1 Å². The van der Waals surface area contributed by atoms with Crippen LogP contribution in [0.25, 0.3) is 11.3 Å². The number of azo groups is 1. The second-order valence-corrected chi connectivity index (χ2v) is 5.32. The summed E-state index contributed by atoms with van der Waals surface area (Å²) in [5, 5.41) is 22.7. The number of rotatable bonds is 4. The highest BCUT2D eigenvalue weighted by Crippen LogP contribution is 2.37. The Morgan fingerprint density at radius 3 is 2.26 bits per heavy atom. The van der Waals surface area contributed by atoms with E-state index in [0.29, 0.717) is 5.56 Å². The van der Waals surface area contributed by atoms with Crippen LogP contribution < -0.4 is 5.56 Å². The van der Waals surface area contributed by atoms with Gasteiger partial charge in [0.15, 0.2) is 5.69 Å². The molecule has 0 amide bonds. The Morgan fingerprint density at radius 1 is 0.963 bits per heavy atom. The molecule has 0 unspecified atom stereocenters. The van der Waals surface area contributed by atoms with Crippen LogP contribution in [0.3, 0.4) is 0 Å². The first-order chi connectivity index (χ1) is 12.8. The van der Waals surface area contributed by atoms with Gasteiger partial charge in [0.1, 0.15) is 0 Å². The van der Waals surface area contributed by atoms with Gasteiger partial charge >= 0.3 is 6.18 Å². The molecule has 0 radical (unpaired) electrons. The second kappa shape index (κ2) is 6.86. The van der Waals surface area contributed by atoms with Crippen LogP contribution in [0.1, 0.15) is 5.56 Å². The average Bonchev–Trinajstić information content (AvgIpc) is 3.00. The van der Waals surface area contributed by atoms with Gasteiger partial charge in [-0.15, -0.1) is 10.2 Å². The SMILES string of the molecule is O=c1[nH][nH]c(-c2ccc([N+](=O)[O-])cc2)c1N=Nc1ccccc1C(F)(F)F. The van der Waals surface area contributed by atoms with E-state index in [1.807, 2.05) is 0 Å². The van der Waals surface area contributed by atoms with Crippen molar-refractivity contribution >= 4 is 17.1 Å². The number of aromatic amines is 2. The number of aromatic nitrogens is 2. The zero-order chi connectivity index (χ0) is 19.6. The van der Waals surface area contributed by atoms with Crippen LogP contribution in [-0.4, -0.2) is 15.1 Å². The van der Waals surface area contributed by atoms with Gasteiger partial charge in [-0.2, -0.15) is 13.2 Å². The Kier molecular flexibility index (Phi) is 4.59. The van der Waals surface area contributed by atoms with Crippen molar-refractivity contribution in [1.29, 1.82) is 0 Å². The number of benzene rings is 2. The number of nitrogens with one attached hydrogen (secondary N) is 2. The van der Waals surface area contributed by atoms with Gasteiger partial charge in [-0.25, -0.2) is 0 Å². The van der Waals surface area contributed by atoms with Crippen molar-refractivity contribution in [2.75, 3.05) is 0 Å². The van der Waals surface area contributed by atoms with Crippen molar-refractivity contribution in [3.63, 3.8) is 0 Å². The van der Waals surface area contributed by atoms with Crippen LogP contribution in [-0.2, 0) is 6.18 Å². The molecule has 1 heterocycles. The molecule has 3 rings (SSSR count). The number of hydrogen-bond acceptors (Lipinski definition) is 5. The Hall–Kier alpha value is -3.76. The highest BCUT2D eigenvalue weighted by Gasteiger charge is 2.33. The Labute approximate surface area is 148 Å². The number of non-ortho nitro benzene ring substituents is 1. The van der Waals surface area contributed by atoms with Gasteiger partial charge in [0.05, 0.1) is 21.9 Å². The summed E-state index contributed by atoms with van der Waals surface area (Å²) in [6.45, 7) is 0. The number of H-pyrrole nitrogens is 2. The molecule has 27 heavy (non-hydrogen) atoms. The van der Waals surface area contributed by atoms with Gasteiger partial charge < -0.3 is 0 Å². The summed E-state index contributed by atoms with van der Waals surface area (Å²) in [4.78, 5) is 22.0. The van der Waals surface area contributed by atoms with Crippen molar-refractivity contribution in [1.82, 2.24) is 10.2 Å². The monoisotopic (exact) mass is 377 g/mol. The van der Waals surface area contributed by atoms with E-state index in [0.717, 1.165) is 12.1 Å². The third-order valence-electron chi connectivity index (χ3n) is 3.59. The van der Waals surface area contributed by atoms with Gasteiger partial charge in [-0.05, 0) is 24.3 Å². The van der Waals surface area contributed by atoms with Crippen LogP contribution in [0, 0.1) is 10.1 Å². The molecule has 1 aromatic heterocycles. The standard InChI is InChI=1S/C16H10F3N5O3/c17-16(18,19)11-3-1-2-4-12(11)20-22-14-13(21-23-15(14)25)9-5-7-10(8-6-9)24(26)27/h1-8H,(H2,21,23,25). The van der Waals surface area contributed by atoms with E-state index in [9.17, 15) is 28.1 Å². The first-order valence-electron chi connectivity index (χ1n) is 7.41. The lowest BCUT2D eigenvalue weighted by atomic mass is 10.1. The number of hydrogen-bond donors (Lipinski definition) is 2. The lowest BCUT2D eigenvalue weighted by molar-refractivity contribution is -0.384. The van der Waals surface area contributed by atoms with E-state index in [1.165, 1.54) is 36.4 Å². The molecule has 0 bridgehead atoms. The van der Waals surface area contributed by atoms with Crippen molar-refractivity contribution in [2.45, 2.75) is 6.18 Å². The van der Waals surface area contributed by atoms with Gasteiger partial charge in [-0.1, -0.05) is 12.1 Å². The van der Waals surface area contributed by atoms with E-state index in [1.54, 1.807) is 0 Å². The first-order valence-corrected chi connectivity index (χ1v) is 7.41. The summed E-state index contributed by atoms with van der Waals surface area (Å²) < 4.78 is 39.0. The smallest absolute Gasteiger partial charge is 0.295 e. The summed E-state index contributed by atoms with van der Waals surface area (Å²) in [7, 11) is 0. The van der Waals surface area contributed by atoms with Crippen LogP contribution in [0.15, 0.2) is 63.6 Å². The van der Waals surface area contributed by atoms with E-state index >= 15 is 0 Å². The van der Waals surface area contributed by atoms with E-state index < -0.39 is 27.9 Å². The number of nitrogens with zero attached hydrogens (tertiary/aromatic N) is 3. The number of halogens is 3. The molecular formula is C16H10F3N5O3. The molecule has 3 aromatic rings. The van der Waals surface area contributed by atoms with Crippen molar-refractivity contribution < 1.29 is 18.1 Å². The molecular weight excluding hydrogens is 367 g/mol. The van der Waals surface area contributed by atoms with Crippen molar-refractivity contribution in [3.05, 3.63) is 74.6 Å². The largest absolute Gasteiger partial charge is 0.418 e. The maximum Gasteiger partial charge on any atom is 0.418 e. The summed E-state index contributed by atoms with van der Waals surface area (Å²) >= 11 is 0. The van der Waals surface area contributed by atoms with E-state index in [2.05, 4.69) is 20.4 Å². The summed E-state index contributed by atoms with van der Waals surface area (Å²) in [5.74, 6) is 0. The Balaban J connectivity index is 2.01. The van der Waals surface area contributed by atoms with Crippen molar-refractivity contribution in [3.8, 4) is 11.3 Å². The third kappa shape index (κ3) is 3.76. The minimum atomic E-state index is -4.62. The van der Waals surface area contributed by atoms with Gasteiger partial charge in [0, 0.05) is 17.7 Å². The highest BCUT2D eigenvalue weighted by atomic mass is 19.4. The van der Waals surface area contributed by atoms with E-state index in [-0.39, 0.29) is 17.1 Å². The molecule has 0 atom stereocenters. The zero-order valence-corrected chi connectivity index (χ0v) is 13.3. The van der Waals surface area contributed by atoms with Crippen LogP contribution in [0.5, 0.6) is 0 Å². The average molecular weight is 377 g/mol. The van der Waals surface area contributed by atoms with Crippen LogP contribution in [0.2, 0.25) is 0 Å². The lowest BCUT2D eigenvalue weighted by Gasteiger charge is -2.08. The molecule has 0 saturated heterocycles. The predicted octanol–water partition coefficient (Wildman–Crippen LogP) is 4.71. The lowest BCUT2D eigenvalue weighted by Crippen LogP contribution is -2.04. The summed E-state index contributed by atoms with van der Waals surface area (Å²) in [5.41, 5.74) is -2.02. The molecule has 0 aliphatic heterocycles. The third-order valence-corrected chi connectivity index (χ3v) is 3.59. The molecule has 0 saturated carbocycles. The van der Waals surface area contributed by atoms with Crippen molar-refractivity contribution in [2.24, 2.45) is 10.2 Å². The maximum atomic E-state index is 13.0. The second-order valence-electron chi connectivity index (χ2n) is 5.32. The zero-order valence-electron chi connectivity index (χ0n) is 13.3. The topological polar surface area (TPSA) is 117 Å². The molecule has 2 aromatic carbocycles. The molecule has 2 N–H and O–H groups in total. The van der Waals surface area contributed by atoms with Crippen LogP contribution in [0.4, 0.5) is 30.2 Å². The quantitative estimate of drug-likeness (QED) is 0.389. The molecule has 138 valence electrons. The Bertz CT molecular complexity index is 1070. The fraction of sp³-hybridized carbons (Fsp3) is 0.0625. The fourth-order valence-corrected chi connectivity index (χ4v) is 2.31. The van der Waals surface area contributed by atoms with E-state index in [4.69, 9.17) is 0 Å². The predicted molar refractivity (Wildman–Crippen MR) is 89.1 cm³/mol. The normalized spacial score (nSPS) is 11.8. The summed E-state index contributed by atoms with van der Waals surface area (Å²) in [6.07, 6.45) is -4.62.